The summed E-state index contributed by atoms with van der Waals surface area (Å²) in [5, 5.41) is -0.155. The van der Waals surface area contributed by atoms with Gasteiger partial charge in [-0.2, -0.15) is 0 Å². The number of carbonyl (C=O) groups excluding carboxylic acids is 1. The van der Waals surface area contributed by atoms with Crippen LogP contribution in [0.4, 0.5) is 0 Å². The third-order valence-electron chi connectivity index (χ3n) is 0.810. The molecule has 3 heteroatoms. The first-order chi connectivity index (χ1) is 4.66. The first-order valence-corrected chi connectivity index (χ1v) is 3.51. The highest BCUT2D eigenvalue weighted by atomic mass is 35.5. The number of hydrogen-bond acceptors (Lipinski definition) is 2. The Bertz CT molecular complexity index is 121. The third kappa shape index (κ3) is 5.63. The van der Waals surface area contributed by atoms with E-state index in [2.05, 4.69) is 11.3 Å². The van der Waals surface area contributed by atoms with Crippen molar-refractivity contribution in [1.29, 1.82) is 0 Å². The Morgan fingerprint density at radius 1 is 1.90 bits per heavy atom. The lowest BCUT2D eigenvalue weighted by Gasteiger charge is -2.01. The van der Waals surface area contributed by atoms with E-state index in [9.17, 15) is 4.79 Å². The molecular formula is C7H11ClO2. The third-order valence-corrected chi connectivity index (χ3v) is 0.964. The van der Waals surface area contributed by atoms with Crippen LogP contribution >= 0.6 is 11.6 Å². The molecule has 58 valence electrons. The molecule has 0 aliphatic rings. The maximum absolute atomic E-state index is 10.7. The summed E-state index contributed by atoms with van der Waals surface area (Å²) < 4.78 is 4.66. The monoisotopic (exact) mass is 162 g/mol. The Kier molecular flexibility index (Phi) is 5.03. The summed E-state index contributed by atoms with van der Waals surface area (Å²) in [6.07, 6.45) is 1.78. The van der Waals surface area contributed by atoms with Crippen LogP contribution in [0.15, 0.2) is 12.7 Å². The Morgan fingerprint density at radius 2 is 2.50 bits per heavy atom. The minimum absolute atomic E-state index is 0.155. The molecule has 0 saturated carbocycles. The van der Waals surface area contributed by atoms with Crippen molar-refractivity contribution in [2.45, 2.75) is 18.7 Å². The Labute approximate surface area is 65.8 Å². The van der Waals surface area contributed by atoms with Crippen LogP contribution in [0.25, 0.3) is 0 Å². The number of esters is 1. The van der Waals surface area contributed by atoms with E-state index in [1.165, 1.54) is 6.08 Å². The molecular weight excluding hydrogens is 152 g/mol. The first-order valence-electron chi connectivity index (χ1n) is 3.07. The molecule has 2 nitrogen and oxygen atoms in total. The molecule has 0 fully saturated rings. The molecule has 10 heavy (non-hydrogen) atoms. The van der Waals surface area contributed by atoms with E-state index < -0.39 is 0 Å². The fraction of sp³-hybridized carbons (Fsp3) is 0.571. The van der Waals surface area contributed by atoms with Crippen molar-refractivity contribution >= 4 is 17.6 Å². The molecule has 0 bridgehead atoms. The molecule has 0 aromatic rings. The number of alkyl halides is 1. The Hall–Kier alpha value is -0.500. The van der Waals surface area contributed by atoms with Crippen LogP contribution in [-0.4, -0.2) is 18.0 Å². The Morgan fingerprint density at radius 3 is 2.90 bits per heavy atom. The normalized spacial score (nSPS) is 12.2. The molecule has 0 radical (unpaired) electrons. The molecule has 0 heterocycles. The fourth-order valence-corrected chi connectivity index (χ4v) is 0.566. The van der Waals surface area contributed by atoms with E-state index >= 15 is 0 Å². The summed E-state index contributed by atoms with van der Waals surface area (Å²) in [5.74, 6) is -0.276. The zero-order valence-electron chi connectivity index (χ0n) is 5.97. The van der Waals surface area contributed by atoms with Crippen LogP contribution < -0.4 is 0 Å². The predicted molar refractivity (Wildman–Crippen MR) is 41.1 cm³/mol. The minimum atomic E-state index is -0.276. The molecule has 0 aliphatic carbocycles. The second kappa shape index (κ2) is 5.30. The van der Waals surface area contributed by atoms with Crippen molar-refractivity contribution in [3.05, 3.63) is 12.7 Å². The lowest BCUT2D eigenvalue weighted by atomic mass is 10.3. The highest BCUT2D eigenvalue weighted by Crippen LogP contribution is 2.00. The zero-order valence-corrected chi connectivity index (χ0v) is 6.73. The van der Waals surface area contributed by atoms with E-state index in [0.717, 1.165) is 0 Å². The van der Waals surface area contributed by atoms with E-state index in [4.69, 9.17) is 11.6 Å². The van der Waals surface area contributed by atoms with Crippen molar-refractivity contribution in [2.24, 2.45) is 0 Å². The molecule has 0 aromatic carbocycles. The van der Waals surface area contributed by atoms with Crippen molar-refractivity contribution in [3.8, 4) is 0 Å². The quantitative estimate of drug-likeness (QED) is 0.358. The molecule has 1 unspecified atom stereocenters. The lowest BCUT2D eigenvalue weighted by Crippen LogP contribution is -2.08. The van der Waals surface area contributed by atoms with Gasteiger partial charge in [0.2, 0.25) is 0 Å². The SMILES string of the molecule is C=CCOC(=O)CC(C)Cl. The van der Waals surface area contributed by atoms with Gasteiger partial charge in [0.15, 0.2) is 0 Å². The number of ether oxygens (including phenoxy) is 1. The molecule has 0 saturated heterocycles. The topological polar surface area (TPSA) is 26.3 Å². The van der Waals surface area contributed by atoms with Crippen LogP contribution in [0.2, 0.25) is 0 Å². The molecule has 0 rings (SSSR count). The van der Waals surface area contributed by atoms with Crippen LogP contribution in [0.1, 0.15) is 13.3 Å². The van der Waals surface area contributed by atoms with Crippen molar-refractivity contribution in [1.82, 2.24) is 0 Å². The van der Waals surface area contributed by atoms with E-state index in [-0.39, 0.29) is 24.4 Å². The second-order valence-electron chi connectivity index (χ2n) is 1.96. The van der Waals surface area contributed by atoms with E-state index in [1.54, 1.807) is 6.92 Å². The van der Waals surface area contributed by atoms with Gasteiger partial charge >= 0.3 is 5.97 Å². The molecule has 0 spiro atoms. The lowest BCUT2D eigenvalue weighted by molar-refractivity contribution is -0.142. The number of halogens is 1. The van der Waals surface area contributed by atoms with Gasteiger partial charge in [0.25, 0.3) is 0 Å². The summed E-state index contributed by atoms with van der Waals surface area (Å²) >= 11 is 5.52. The number of hydrogen-bond donors (Lipinski definition) is 0. The van der Waals surface area contributed by atoms with Crippen molar-refractivity contribution < 1.29 is 9.53 Å². The van der Waals surface area contributed by atoms with E-state index in [0.29, 0.717) is 0 Å². The van der Waals surface area contributed by atoms with Gasteiger partial charge in [-0.05, 0) is 6.92 Å². The number of carbonyl (C=O) groups is 1. The van der Waals surface area contributed by atoms with E-state index in [1.807, 2.05) is 0 Å². The summed E-state index contributed by atoms with van der Waals surface area (Å²) in [4.78, 5) is 10.7. The smallest absolute Gasteiger partial charge is 0.307 e. The highest BCUT2D eigenvalue weighted by molar-refractivity contribution is 6.21. The second-order valence-corrected chi connectivity index (χ2v) is 2.70. The maximum atomic E-state index is 10.7. The zero-order chi connectivity index (χ0) is 7.98. The fourth-order valence-electron chi connectivity index (χ4n) is 0.440. The van der Waals surface area contributed by atoms with Gasteiger partial charge in [-0.1, -0.05) is 12.7 Å². The predicted octanol–water partition coefficient (Wildman–Crippen LogP) is 1.73. The summed E-state index contributed by atoms with van der Waals surface area (Å²) in [7, 11) is 0. The van der Waals surface area contributed by atoms with Gasteiger partial charge in [0, 0.05) is 5.38 Å². The largest absolute Gasteiger partial charge is 0.461 e. The Balaban J connectivity index is 3.34. The first kappa shape index (κ1) is 9.50. The molecule has 0 N–H and O–H groups in total. The average molecular weight is 163 g/mol. The summed E-state index contributed by atoms with van der Waals surface area (Å²) in [6.45, 7) is 5.41. The molecule has 0 aromatic heterocycles. The van der Waals surface area contributed by atoms with Crippen LogP contribution in [0, 0.1) is 0 Å². The van der Waals surface area contributed by atoms with Crippen LogP contribution in [-0.2, 0) is 9.53 Å². The summed E-state index contributed by atoms with van der Waals surface area (Å²) in [6, 6.07) is 0. The molecule has 1 atom stereocenters. The van der Waals surface area contributed by atoms with Crippen molar-refractivity contribution in [3.63, 3.8) is 0 Å². The standard InChI is InChI=1S/C7H11ClO2/c1-3-4-10-7(9)5-6(2)8/h3,6H,1,4-5H2,2H3. The number of rotatable bonds is 4. The van der Waals surface area contributed by atoms with Gasteiger partial charge in [-0.15, -0.1) is 11.6 Å². The van der Waals surface area contributed by atoms with Crippen molar-refractivity contribution in [2.75, 3.05) is 6.61 Å². The van der Waals surface area contributed by atoms with Crippen LogP contribution in [0.3, 0.4) is 0 Å². The van der Waals surface area contributed by atoms with Gasteiger partial charge in [-0.25, -0.2) is 0 Å². The van der Waals surface area contributed by atoms with Crippen LogP contribution in [0.5, 0.6) is 0 Å². The van der Waals surface area contributed by atoms with Gasteiger partial charge in [0.05, 0.1) is 6.42 Å². The maximum Gasteiger partial charge on any atom is 0.307 e. The summed E-state index contributed by atoms with van der Waals surface area (Å²) in [5.41, 5.74) is 0. The highest BCUT2D eigenvalue weighted by Gasteiger charge is 2.05. The van der Waals surface area contributed by atoms with Gasteiger partial charge in [0.1, 0.15) is 6.61 Å². The van der Waals surface area contributed by atoms with Gasteiger partial charge in [-0.3, -0.25) is 4.79 Å². The average Bonchev–Trinajstić information content (AvgIpc) is 1.82. The molecule has 0 aliphatic heterocycles. The molecule has 0 amide bonds. The van der Waals surface area contributed by atoms with Gasteiger partial charge < -0.3 is 4.74 Å². The minimum Gasteiger partial charge on any atom is -0.461 e.